The number of allylic oxidation sites excluding steroid dienone is 19. The first kappa shape index (κ1) is 84.4. The molecule has 0 heterocycles. The summed E-state index contributed by atoms with van der Waals surface area (Å²) in [5, 5.41) is 3.07. The van der Waals surface area contributed by atoms with Gasteiger partial charge in [-0.2, -0.15) is 0 Å². The molecule has 0 aliphatic carbocycles. The Labute approximate surface area is 543 Å². The number of likely N-dealkylation sites (N-methyl/N-ethyl adjacent to an activating group) is 1. The Hall–Kier alpha value is -3.59. The van der Waals surface area contributed by atoms with Crippen LogP contribution in [-0.2, 0) is 27.9 Å². The monoisotopic (exact) mass is 1250 g/mol. The van der Waals surface area contributed by atoms with Crippen molar-refractivity contribution in [1.29, 1.82) is 0 Å². The van der Waals surface area contributed by atoms with Crippen LogP contribution in [0.2, 0.25) is 0 Å². The first-order chi connectivity index (χ1) is 42.9. The number of phosphoric acid groups is 1. The maximum atomic E-state index is 13.6. The number of rotatable bonds is 65. The van der Waals surface area contributed by atoms with E-state index < -0.39 is 20.0 Å². The lowest BCUT2D eigenvalue weighted by Crippen LogP contribution is -2.47. The van der Waals surface area contributed by atoms with Gasteiger partial charge < -0.3 is 19.4 Å². The van der Waals surface area contributed by atoms with Crippen LogP contribution in [0.15, 0.2) is 122 Å². The molecule has 0 aromatic carbocycles. The van der Waals surface area contributed by atoms with Crippen LogP contribution >= 0.6 is 7.82 Å². The van der Waals surface area contributed by atoms with Gasteiger partial charge in [0.1, 0.15) is 19.3 Å². The van der Waals surface area contributed by atoms with Crippen LogP contribution in [0.1, 0.15) is 310 Å². The maximum absolute atomic E-state index is 13.6. The van der Waals surface area contributed by atoms with Crippen molar-refractivity contribution >= 4 is 19.7 Å². The molecule has 88 heavy (non-hydrogen) atoms. The predicted octanol–water partition coefficient (Wildman–Crippen LogP) is 23.4. The zero-order valence-electron chi connectivity index (χ0n) is 57.9. The summed E-state index contributed by atoms with van der Waals surface area (Å²) in [7, 11) is 1.48. The molecular formula is C78H138N2O7P+. The third-order valence-electron chi connectivity index (χ3n) is 15.6. The molecule has 0 bridgehead atoms. The fourth-order valence-corrected chi connectivity index (χ4v) is 10.8. The van der Waals surface area contributed by atoms with E-state index in [0.29, 0.717) is 17.4 Å². The largest absolute Gasteiger partial charge is 0.472 e. The van der Waals surface area contributed by atoms with E-state index >= 15 is 0 Å². The maximum Gasteiger partial charge on any atom is 0.472 e. The summed E-state index contributed by atoms with van der Waals surface area (Å²) < 4.78 is 30.8. The van der Waals surface area contributed by atoms with E-state index in [-0.39, 0.29) is 31.5 Å². The summed E-state index contributed by atoms with van der Waals surface area (Å²) in [6.07, 6.45) is 93.5. The Bertz CT molecular complexity index is 1920. The van der Waals surface area contributed by atoms with Crippen molar-refractivity contribution in [3.05, 3.63) is 122 Å². The van der Waals surface area contributed by atoms with Gasteiger partial charge in [0, 0.05) is 12.8 Å². The lowest BCUT2D eigenvalue weighted by Gasteiger charge is -2.27. The second kappa shape index (κ2) is 66.3. The minimum Gasteiger partial charge on any atom is -0.456 e. The van der Waals surface area contributed by atoms with Crippen molar-refractivity contribution in [2.75, 3.05) is 40.9 Å². The fraction of sp³-hybridized carbons (Fsp3) is 0.718. The third kappa shape index (κ3) is 66.8. The van der Waals surface area contributed by atoms with Crippen molar-refractivity contribution in [3.8, 4) is 0 Å². The highest BCUT2D eigenvalue weighted by Crippen LogP contribution is 2.43. The molecule has 0 saturated heterocycles. The summed E-state index contributed by atoms with van der Waals surface area (Å²) in [5.74, 6) is -0.519. The number of ether oxygens (including phenoxy) is 1. The standard InChI is InChI=1S/C78H137N2O7P/c1-7-10-13-16-19-22-25-28-30-32-34-36-38-39-40-41-43-45-47-49-51-53-56-59-62-65-68-71-78(82)87-76(69-66-63-60-57-54-27-24-21-18-15-12-9-3)75(74-86-88(83,84)85-73-72-80(4,5)6)79-77(81)70-67-64-61-58-55-52-50-48-46-44-42-37-35-33-31-29-26-23-20-17-14-11-8-2/h10,13,19-20,22-23,28-31,34-37,39-40,43,45,66,69,75-76H,7-9,11-12,14-18,21,24-27,32-33,38,41-42,44,46-65,67-68,70-74H2,1-6H3,(H-,79,81,83,84)/p+1/b13-10-,22-19-,23-20-,30-28-,31-29-,36-34-,37-35-,40-39-,45-43-,69-66+. The van der Waals surface area contributed by atoms with Crippen molar-refractivity contribution in [3.63, 3.8) is 0 Å². The molecule has 0 fully saturated rings. The average Bonchev–Trinajstić information content (AvgIpc) is 3.61. The topological polar surface area (TPSA) is 111 Å². The van der Waals surface area contributed by atoms with E-state index in [4.69, 9.17) is 13.8 Å². The number of unbranched alkanes of at least 4 members (excludes halogenated alkanes) is 31. The van der Waals surface area contributed by atoms with Crippen LogP contribution in [0.5, 0.6) is 0 Å². The molecule has 2 N–H and O–H groups in total. The Morgan fingerprint density at radius 1 is 0.409 bits per heavy atom. The number of carbonyl (C=O) groups excluding carboxylic acids is 2. The Balaban J connectivity index is 5.09. The van der Waals surface area contributed by atoms with E-state index in [0.717, 1.165) is 135 Å². The second-order valence-electron chi connectivity index (χ2n) is 25.4. The van der Waals surface area contributed by atoms with Crippen LogP contribution in [0.3, 0.4) is 0 Å². The molecule has 506 valence electrons. The van der Waals surface area contributed by atoms with Gasteiger partial charge in [-0.05, 0) is 122 Å². The van der Waals surface area contributed by atoms with E-state index in [1.807, 2.05) is 33.3 Å². The molecule has 0 spiro atoms. The van der Waals surface area contributed by atoms with Crippen LogP contribution in [0, 0.1) is 0 Å². The van der Waals surface area contributed by atoms with Gasteiger partial charge >= 0.3 is 13.8 Å². The van der Waals surface area contributed by atoms with Crippen molar-refractivity contribution in [2.24, 2.45) is 0 Å². The number of phosphoric ester groups is 1. The van der Waals surface area contributed by atoms with Gasteiger partial charge in [0.05, 0.1) is 33.8 Å². The van der Waals surface area contributed by atoms with Crippen molar-refractivity contribution in [1.82, 2.24) is 5.32 Å². The van der Waals surface area contributed by atoms with E-state index in [1.54, 1.807) is 0 Å². The molecule has 3 unspecified atom stereocenters. The molecular weight excluding hydrogens is 1110 g/mol. The van der Waals surface area contributed by atoms with E-state index in [2.05, 4.69) is 135 Å². The van der Waals surface area contributed by atoms with Gasteiger partial charge in [-0.1, -0.05) is 297 Å². The number of carbonyl (C=O) groups is 2. The number of hydrogen-bond donors (Lipinski definition) is 2. The molecule has 0 aliphatic heterocycles. The quantitative estimate of drug-likeness (QED) is 0.0205. The minimum atomic E-state index is -4.47. The van der Waals surface area contributed by atoms with Gasteiger partial charge in [-0.3, -0.25) is 18.6 Å². The zero-order chi connectivity index (χ0) is 64.2. The molecule has 10 heteroatoms. The second-order valence-corrected chi connectivity index (χ2v) is 26.8. The molecule has 9 nitrogen and oxygen atoms in total. The van der Waals surface area contributed by atoms with Crippen molar-refractivity contribution in [2.45, 2.75) is 322 Å². The van der Waals surface area contributed by atoms with Crippen molar-refractivity contribution < 1.29 is 37.3 Å². The summed E-state index contributed by atoms with van der Waals surface area (Å²) in [5.41, 5.74) is 0. The molecule has 0 rings (SSSR count). The van der Waals surface area contributed by atoms with Gasteiger partial charge in [0.15, 0.2) is 0 Å². The highest BCUT2D eigenvalue weighted by Gasteiger charge is 2.30. The zero-order valence-corrected chi connectivity index (χ0v) is 58.8. The number of nitrogens with one attached hydrogen (secondary N) is 1. The van der Waals surface area contributed by atoms with Crippen LogP contribution in [0.4, 0.5) is 0 Å². The van der Waals surface area contributed by atoms with Crippen LogP contribution in [0.25, 0.3) is 0 Å². The number of quaternary nitrogens is 1. The summed E-state index contributed by atoms with van der Waals surface area (Å²) in [6.45, 7) is 6.88. The molecule has 0 aliphatic rings. The summed E-state index contributed by atoms with van der Waals surface area (Å²) in [6, 6.07) is -0.863. The van der Waals surface area contributed by atoms with E-state index in [9.17, 15) is 19.0 Å². The van der Waals surface area contributed by atoms with Gasteiger partial charge in [-0.25, -0.2) is 4.57 Å². The highest BCUT2D eigenvalue weighted by atomic mass is 31.2. The Morgan fingerprint density at radius 3 is 1.11 bits per heavy atom. The van der Waals surface area contributed by atoms with E-state index in [1.165, 1.54) is 141 Å². The van der Waals surface area contributed by atoms with Crippen LogP contribution in [-0.4, -0.2) is 74.3 Å². The Morgan fingerprint density at radius 2 is 0.727 bits per heavy atom. The lowest BCUT2D eigenvalue weighted by atomic mass is 10.0. The SMILES string of the molecule is CC/C=C\C/C=C\C/C=C\C/C=C\C/C=C\C/C=C\CCCCCCCCCCC(=O)OC(/C=C/CCCCCCCCCCCC)C(COP(=O)(O)OCC[N+](C)(C)C)NC(=O)CCCCCCCCCCCC/C=C\C/C=C\C/C=C\CCCCC. The fourth-order valence-electron chi connectivity index (χ4n) is 10.1. The molecule has 0 saturated carbocycles. The number of hydrogen-bond acceptors (Lipinski definition) is 6. The van der Waals surface area contributed by atoms with Crippen LogP contribution < -0.4 is 5.32 Å². The molecule has 0 aromatic rings. The predicted molar refractivity (Wildman–Crippen MR) is 383 cm³/mol. The number of esters is 1. The number of nitrogens with zero attached hydrogens (tertiary/aromatic N) is 1. The summed E-state index contributed by atoms with van der Waals surface area (Å²) >= 11 is 0. The minimum absolute atomic E-state index is 0.0326. The lowest BCUT2D eigenvalue weighted by molar-refractivity contribution is -0.870. The average molecular weight is 1250 g/mol. The third-order valence-corrected chi connectivity index (χ3v) is 16.6. The molecule has 1 amide bonds. The van der Waals surface area contributed by atoms with Gasteiger partial charge in [-0.15, -0.1) is 0 Å². The number of amides is 1. The summed E-state index contributed by atoms with van der Waals surface area (Å²) in [4.78, 5) is 37.9. The smallest absolute Gasteiger partial charge is 0.456 e. The highest BCUT2D eigenvalue weighted by molar-refractivity contribution is 7.47. The molecule has 0 aromatic heterocycles. The van der Waals surface area contributed by atoms with Gasteiger partial charge in [0.2, 0.25) is 5.91 Å². The first-order valence-electron chi connectivity index (χ1n) is 36.4. The molecule has 3 atom stereocenters. The molecule has 0 radical (unpaired) electrons. The van der Waals surface area contributed by atoms with Gasteiger partial charge in [0.25, 0.3) is 0 Å². The Kier molecular flexibility index (Phi) is 63.6. The first-order valence-corrected chi connectivity index (χ1v) is 37.9. The normalized spacial score (nSPS) is 14.2.